The first-order chi connectivity index (χ1) is 21.5. The molecule has 4 heterocycles. The Kier molecular flexibility index (Phi) is 8.86. The Bertz CT molecular complexity index is 1570. The molecule has 4 atom stereocenters. The zero-order valence-electron chi connectivity index (χ0n) is 26.2. The lowest BCUT2D eigenvalue weighted by atomic mass is 9.97. The minimum Gasteiger partial charge on any atom is -0.481 e. The minimum atomic E-state index is -5.05. The summed E-state index contributed by atoms with van der Waals surface area (Å²) >= 11 is 0. The van der Waals surface area contributed by atoms with Crippen LogP contribution in [-0.4, -0.2) is 51.2 Å². The number of aromatic nitrogens is 3. The number of anilines is 1. The maximum absolute atomic E-state index is 13.6. The van der Waals surface area contributed by atoms with Gasteiger partial charge in [-0.15, -0.1) is 0 Å². The predicted octanol–water partition coefficient (Wildman–Crippen LogP) is 8.17. The van der Waals surface area contributed by atoms with Gasteiger partial charge in [-0.1, -0.05) is 13.8 Å². The summed E-state index contributed by atoms with van der Waals surface area (Å²) in [4.78, 5) is 30.6. The van der Waals surface area contributed by atoms with E-state index in [4.69, 9.17) is 14.5 Å². The van der Waals surface area contributed by atoms with Gasteiger partial charge in [0.1, 0.15) is 6.10 Å². The second-order valence-electron chi connectivity index (χ2n) is 12.2. The van der Waals surface area contributed by atoms with Crippen molar-refractivity contribution in [2.75, 3.05) is 12.0 Å². The van der Waals surface area contributed by atoms with Gasteiger partial charge < -0.3 is 14.4 Å². The number of cyclic esters (lactones) is 1. The van der Waals surface area contributed by atoms with Crippen LogP contribution in [0.15, 0.2) is 36.7 Å². The van der Waals surface area contributed by atoms with Crippen LogP contribution in [-0.2, 0) is 23.6 Å². The van der Waals surface area contributed by atoms with Crippen molar-refractivity contribution < 1.29 is 40.6 Å². The number of rotatable bonds is 7. The third kappa shape index (κ3) is 6.43. The molecule has 0 bridgehead atoms. The quantitative estimate of drug-likeness (QED) is 0.239. The van der Waals surface area contributed by atoms with Gasteiger partial charge in [0.2, 0.25) is 11.8 Å². The van der Waals surface area contributed by atoms with Crippen LogP contribution in [0.2, 0.25) is 0 Å². The molecule has 1 amide bonds. The average Bonchev–Trinajstić information content (AvgIpc) is 3.47. The first-order valence-corrected chi connectivity index (χ1v) is 14.9. The predicted molar refractivity (Wildman–Crippen MR) is 157 cm³/mol. The Labute approximate surface area is 262 Å². The lowest BCUT2D eigenvalue weighted by molar-refractivity contribution is -0.143. The molecule has 5 rings (SSSR count). The number of methoxy groups -OCH3 is 1. The van der Waals surface area contributed by atoms with Crippen LogP contribution in [0.3, 0.4) is 0 Å². The molecule has 3 aromatic rings. The summed E-state index contributed by atoms with van der Waals surface area (Å²) in [5, 5.41) is 0. The number of hydrogen-bond donors (Lipinski definition) is 0. The number of ether oxygens (including phenoxy) is 2. The van der Waals surface area contributed by atoms with Gasteiger partial charge in [-0.05, 0) is 74.9 Å². The van der Waals surface area contributed by atoms with Gasteiger partial charge in [-0.25, -0.2) is 19.7 Å². The number of hydrogen-bond acceptors (Lipinski definition) is 7. The highest BCUT2D eigenvalue weighted by Crippen LogP contribution is 2.42. The van der Waals surface area contributed by atoms with Crippen molar-refractivity contribution in [3.05, 3.63) is 64.6 Å². The Morgan fingerprint density at radius 1 is 0.913 bits per heavy atom. The summed E-state index contributed by atoms with van der Waals surface area (Å²) in [6.07, 6.45) is -7.20. The van der Waals surface area contributed by atoms with Gasteiger partial charge in [-0.3, -0.25) is 4.90 Å². The molecule has 0 radical (unpaired) electrons. The molecule has 0 saturated carbocycles. The van der Waals surface area contributed by atoms with Gasteiger partial charge >= 0.3 is 18.4 Å². The van der Waals surface area contributed by atoms with Crippen molar-refractivity contribution in [3.63, 3.8) is 0 Å². The van der Waals surface area contributed by atoms with Gasteiger partial charge in [0.25, 0.3) is 0 Å². The van der Waals surface area contributed by atoms with Crippen LogP contribution in [0.4, 0.5) is 37.1 Å². The fraction of sp³-hybridized carbons (Fsp3) is 0.500. The summed E-state index contributed by atoms with van der Waals surface area (Å²) in [7, 11) is 1.47. The third-order valence-electron chi connectivity index (χ3n) is 8.71. The topological polar surface area (TPSA) is 80.7 Å². The van der Waals surface area contributed by atoms with E-state index in [-0.39, 0.29) is 30.6 Å². The molecule has 8 nitrogen and oxygen atoms in total. The normalized spacial score (nSPS) is 22.2. The largest absolute Gasteiger partial charge is 0.481 e. The standard InChI is InChI=1S/C32H35F6N5O3/c1-16(2)21-11-24(28(45-6)39-13-21)25-14-40-29(43-17(3)7-8-18(43)4)41-26(25)15-42-19(5)27(46-30(42)44)20-9-22(31(33,34)35)12-23(10-20)32(36,37)38/h9-14,16-19,27H,7-8,15H2,1-6H3. The van der Waals surface area contributed by atoms with E-state index in [1.54, 1.807) is 12.4 Å². The number of carbonyl (C=O) groups excluding carboxylic acids is 1. The molecule has 0 spiro atoms. The summed E-state index contributed by atoms with van der Waals surface area (Å²) in [6, 6.07) is 2.47. The lowest BCUT2D eigenvalue weighted by Gasteiger charge is -2.28. The molecule has 2 aromatic heterocycles. The molecule has 2 aliphatic rings. The van der Waals surface area contributed by atoms with Crippen LogP contribution < -0.4 is 9.64 Å². The Morgan fingerprint density at radius 2 is 1.52 bits per heavy atom. The number of nitrogens with zero attached hydrogens (tertiary/aromatic N) is 5. The number of carbonyl (C=O) groups is 1. The smallest absolute Gasteiger partial charge is 0.416 e. The summed E-state index contributed by atoms with van der Waals surface area (Å²) in [6.45, 7) is 9.48. The SMILES string of the molecule is COc1ncc(C(C)C)cc1-c1cnc(N2C(C)CCC2C)nc1CN1C(=O)OC(c2cc(C(F)(F)F)cc(C(F)(F)F)c2)C1C. The molecular formula is C32H35F6N5O3. The highest BCUT2D eigenvalue weighted by atomic mass is 19.4. The zero-order valence-corrected chi connectivity index (χ0v) is 26.2. The van der Waals surface area contributed by atoms with Crippen molar-refractivity contribution in [2.24, 2.45) is 0 Å². The average molecular weight is 652 g/mol. The second kappa shape index (κ2) is 12.3. The highest BCUT2D eigenvalue weighted by molar-refractivity contribution is 5.74. The Morgan fingerprint density at radius 3 is 2.07 bits per heavy atom. The van der Waals surface area contributed by atoms with E-state index in [0.29, 0.717) is 40.8 Å². The molecule has 2 aliphatic heterocycles. The molecule has 0 aliphatic carbocycles. The first-order valence-electron chi connectivity index (χ1n) is 14.9. The van der Waals surface area contributed by atoms with Crippen molar-refractivity contribution in [1.82, 2.24) is 19.9 Å². The molecule has 2 fully saturated rings. The van der Waals surface area contributed by atoms with Crippen molar-refractivity contribution in [2.45, 2.75) is 96.5 Å². The summed E-state index contributed by atoms with van der Waals surface area (Å²) < 4.78 is 92.7. The highest BCUT2D eigenvalue weighted by Gasteiger charge is 2.44. The molecule has 14 heteroatoms. The van der Waals surface area contributed by atoms with E-state index in [0.717, 1.165) is 18.4 Å². The Balaban J connectivity index is 1.58. The number of alkyl halides is 6. The first kappa shape index (κ1) is 33.3. The van der Waals surface area contributed by atoms with Crippen molar-refractivity contribution in [3.8, 4) is 17.0 Å². The van der Waals surface area contributed by atoms with E-state index in [2.05, 4.69) is 28.7 Å². The molecule has 46 heavy (non-hydrogen) atoms. The van der Waals surface area contributed by atoms with Crippen molar-refractivity contribution >= 4 is 12.0 Å². The monoisotopic (exact) mass is 651 g/mol. The van der Waals surface area contributed by atoms with E-state index < -0.39 is 47.3 Å². The van der Waals surface area contributed by atoms with Crippen LogP contribution >= 0.6 is 0 Å². The number of amides is 1. The maximum atomic E-state index is 13.6. The van der Waals surface area contributed by atoms with Crippen LogP contribution in [0.1, 0.15) is 87.4 Å². The molecular weight excluding hydrogens is 616 g/mol. The fourth-order valence-electron chi connectivity index (χ4n) is 6.07. The number of benzene rings is 1. The zero-order chi connectivity index (χ0) is 33.7. The van der Waals surface area contributed by atoms with E-state index in [1.165, 1.54) is 18.9 Å². The van der Waals surface area contributed by atoms with Crippen LogP contribution in [0.25, 0.3) is 11.1 Å². The van der Waals surface area contributed by atoms with Gasteiger partial charge in [-0.2, -0.15) is 26.3 Å². The summed E-state index contributed by atoms with van der Waals surface area (Å²) in [5.74, 6) is 0.853. The molecule has 248 valence electrons. The second-order valence-corrected chi connectivity index (χ2v) is 12.2. The lowest BCUT2D eigenvalue weighted by Crippen LogP contribution is -2.35. The van der Waals surface area contributed by atoms with E-state index in [9.17, 15) is 31.1 Å². The van der Waals surface area contributed by atoms with E-state index >= 15 is 0 Å². The third-order valence-corrected chi connectivity index (χ3v) is 8.71. The summed E-state index contributed by atoms with van der Waals surface area (Å²) in [5.41, 5.74) is -1.00. The number of pyridine rings is 1. The van der Waals surface area contributed by atoms with E-state index in [1.807, 2.05) is 19.9 Å². The molecule has 4 unspecified atom stereocenters. The number of halogens is 6. The van der Waals surface area contributed by atoms with Gasteiger partial charge in [0.05, 0.1) is 36.5 Å². The van der Waals surface area contributed by atoms with Gasteiger partial charge in [0.15, 0.2) is 0 Å². The molecule has 0 N–H and O–H groups in total. The maximum Gasteiger partial charge on any atom is 0.416 e. The van der Waals surface area contributed by atoms with Crippen LogP contribution in [0.5, 0.6) is 5.88 Å². The van der Waals surface area contributed by atoms with Crippen LogP contribution in [0, 0.1) is 0 Å². The molecule has 2 saturated heterocycles. The molecule has 1 aromatic carbocycles. The fourth-order valence-corrected chi connectivity index (χ4v) is 6.07. The van der Waals surface area contributed by atoms with Crippen molar-refractivity contribution in [1.29, 1.82) is 0 Å². The minimum absolute atomic E-state index is 0.0461. The Hall–Kier alpha value is -4.10. The van der Waals surface area contributed by atoms with Gasteiger partial charge in [0, 0.05) is 35.6 Å².